The Balaban J connectivity index is 0.00000144. The number of aromatic nitrogens is 1. The van der Waals surface area contributed by atoms with Gasteiger partial charge in [-0.2, -0.15) is 0 Å². The van der Waals surface area contributed by atoms with Gasteiger partial charge in [-0.05, 0) is 60.1 Å². The molecule has 32 heavy (non-hydrogen) atoms. The monoisotopic (exact) mass is 469 g/mol. The van der Waals surface area contributed by atoms with Crippen LogP contribution in [0.4, 0.5) is 0 Å². The summed E-state index contributed by atoms with van der Waals surface area (Å²) >= 11 is 0. The maximum Gasteiger partial charge on any atom is 0.254 e. The third-order valence-corrected chi connectivity index (χ3v) is 6.63. The SMILES string of the molecule is CC1(CN)CCN(C(=O)c2c3c(nc4ccccc24)/C(=C\c2ccccc2)CC3)C1.Cl.Cl. The van der Waals surface area contributed by atoms with Crippen LogP contribution in [0.15, 0.2) is 54.6 Å². The standard InChI is InChI=1S/C26H27N3O.2ClH/c1-26(16-27)13-14-29(17-26)25(30)23-20-9-5-6-10-22(20)28-24-19(11-12-21(23)24)15-18-7-3-2-4-8-18;;/h2-10,15H,11-14,16-17,27H2,1H3;2*1H/b19-15-;;. The minimum absolute atomic E-state index is 0. The highest BCUT2D eigenvalue weighted by Gasteiger charge is 2.37. The number of pyridine rings is 1. The molecule has 1 atom stereocenters. The van der Waals surface area contributed by atoms with Crippen molar-refractivity contribution in [2.75, 3.05) is 19.6 Å². The van der Waals surface area contributed by atoms with E-state index in [1.54, 1.807) is 0 Å². The lowest BCUT2D eigenvalue weighted by Crippen LogP contribution is -2.35. The van der Waals surface area contributed by atoms with E-state index in [9.17, 15) is 4.79 Å². The number of hydrogen-bond acceptors (Lipinski definition) is 3. The van der Waals surface area contributed by atoms with Crippen molar-refractivity contribution in [2.45, 2.75) is 26.2 Å². The molecule has 1 saturated heterocycles. The van der Waals surface area contributed by atoms with Gasteiger partial charge in [0.15, 0.2) is 0 Å². The smallest absolute Gasteiger partial charge is 0.254 e. The van der Waals surface area contributed by atoms with Crippen LogP contribution in [0, 0.1) is 5.41 Å². The number of nitrogens with zero attached hydrogens (tertiary/aromatic N) is 2. The van der Waals surface area contributed by atoms with Crippen LogP contribution in [0.1, 0.15) is 46.9 Å². The molecule has 1 amide bonds. The first kappa shape index (κ1) is 24.2. The number of para-hydroxylation sites is 1. The normalized spacial score (nSPS) is 20.7. The summed E-state index contributed by atoms with van der Waals surface area (Å²) in [4.78, 5) is 20.7. The zero-order valence-corrected chi connectivity index (χ0v) is 19.8. The van der Waals surface area contributed by atoms with E-state index >= 15 is 0 Å². The van der Waals surface area contributed by atoms with Gasteiger partial charge >= 0.3 is 0 Å². The first-order valence-corrected chi connectivity index (χ1v) is 10.7. The number of carbonyl (C=O) groups is 1. The van der Waals surface area contributed by atoms with Crippen LogP contribution in [0.3, 0.4) is 0 Å². The van der Waals surface area contributed by atoms with Crippen LogP contribution in [0.5, 0.6) is 0 Å². The molecule has 1 aromatic heterocycles. The number of allylic oxidation sites excluding steroid dienone is 1. The van der Waals surface area contributed by atoms with Crippen LogP contribution in [-0.2, 0) is 6.42 Å². The van der Waals surface area contributed by atoms with Gasteiger partial charge in [-0.25, -0.2) is 4.98 Å². The van der Waals surface area contributed by atoms with E-state index in [4.69, 9.17) is 10.7 Å². The van der Waals surface area contributed by atoms with Crippen molar-refractivity contribution in [2.24, 2.45) is 11.1 Å². The van der Waals surface area contributed by atoms with Crippen molar-refractivity contribution < 1.29 is 4.79 Å². The van der Waals surface area contributed by atoms with E-state index in [1.807, 2.05) is 47.4 Å². The summed E-state index contributed by atoms with van der Waals surface area (Å²) in [6.07, 6.45) is 4.94. The molecule has 1 unspecified atom stereocenters. The Morgan fingerprint density at radius 1 is 1.09 bits per heavy atom. The summed E-state index contributed by atoms with van der Waals surface area (Å²) in [5.41, 5.74) is 12.2. The molecule has 5 rings (SSSR count). The Morgan fingerprint density at radius 3 is 2.53 bits per heavy atom. The van der Waals surface area contributed by atoms with Crippen LogP contribution in [0.2, 0.25) is 0 Å². The molecule has 168 valence electrons. The first-order valence-electron chi connectivity index (χ1n) is 10.7. The van der Waals surface area contributed by atoms with Crippen LogP contribution >= 0.6 is 24.8 Å². The third-order valence-electron chi connectivity index (χ3n) is 6.63. The van der Waals surface area contributed by atoms with Gasteiger partial charge in [0.2, 0.25) is 0 Å². The molecule has 1 fully saturated rings. The predicted octanol–water partition coefficient (Wildman–Crippen LogP) is 5.38. The summed E-state index contributed by atoms with van der Waals surface area (Å²) in [6, 6.07) is 18.4. The maximum absolute atomic E-state index is 13.7. The van der Waals surface area contributed by atoms with Gasteiger partial charge in [-0.1, -0.05) is 55.5 Å². The zero-order chi connectivity index (χ0) is 20.7. The van der Waals surface area contributed by atoms with E-state index in [2.05, 4.69) is 25.1 Å². The molecule has 2 aromatic carbocycles. The molecule has 2 heterocycles. The molecule has 1 aliphatic heterocycles. The molecule has 0 spiro atoms. The molecule has 2 N–H and O–H groups in total. The Kier molecular flexibility index (Phi) is 7.29. The summed E-state index contributed by atoms with van der Waals surface area (Å²) in [7, 11) is 0. The number of hydrogen-bond donors (Lipinski definition) is 1. The lowest BCUT2D eigenvalue weighted by atomic mass is 9.90. The molecule has 0 saturated carbocycles. The molecule has 4 nitrogen and oxygen atoms in total. The third kappa shape index (κ3) is 4.27. The number of nitrogens with two attached hydrogens (primary N) is 1. The number of likely N-dealkylation sites (tertiary alicyclic amines) is 1. The van der Waals surface area contributed by atoms with E-state index < -0.39 is 0 Å². The Morgan fingerprint density at radius 2 is 1.81 bits per heavy atom. The van der Waals surface area contributed by atoms with Gasteiger partial charge < -0.3 is 10.6 Å². The highest BCUT2D eigenvalue weighted by molar-refractivity contribution is 6.09. The molecular formula is C26H29Cl2N3O. The number of halogens is 2. The van der Waals surface area contributed by atoms with E-state index in [1.165, 1.54) is 11.1 Å². The Labute approximate surface area is 201 Å². The van der Waals surface area contributed by atoms with E-state index in [0.29, 0.717) is 6.54 Å². The van der Waals surface area contributed by atoms with Gasteiger partial charge in [-0.15, -0.1) is 24.8 Å². The Hall–Kier alpha value is -2.40. The highest BCUT2D eigenvalue weighted by Crippen LogP contribution is 2.39. The summed E-state index contributed by atoms with van der Waals surface area (Å²) in [6.45, 7) is 4.27. The summed E-state index contributed by atoms with van der Waals surface area (Å²) < 4.78 is 0. The predicted molar refractivity (Wildman–Crippen MR) is 137 cm³/mol. The fraction of sp³-hybridized carbons (Fsp3) is 0.308. The minimum Gasteiger partial charge on any atom is -0.338 e. The molecule has 1 aliphatic carbocycles. The summed E-state index contributed by atoms with van der Waals surface area (Å²) in [5.74, 6) is 0.128. The molecule has 6 heteroatoms. The number of fused-ring (bicyclic) bond motifs is 2. The molecule has 0 bridgehead atoms. The van der Waals surface area contributed by atoms with Gasteiger partial charge in [0.05, 0.1) is 16.8 Å². The maximum atomic E-state index is 13.7. The van der Waals surface area contributed by atoms with Gasteiger partial charge in [-0.3, -0.25) is 4.79 Å². The van der Waals surface area contributed by atoms with E-state index in [-0.39, 0.29) is 36.1 Å². The van der Waals surface area contributed by atoms with Crippen molar-refractivity contribution in [3.63, 3.8) is 0 Å². The molecule has 2 aliphatic rings. The topological polar surface area (TPSA) is 59.2 Å². The number of rotatable bonds is 3. The quantitative estimate of drug-likeness (QED) is 0.560. The van der Waals surface area contributed by atoms with Crippen molar-refractivity contribution in [3.8, 4) is 0 Å². The van der Waals surface area contributed by atoms with Crippen molar-refractivity contribution in [1.29, 1.82) is 0 Å². The van der Waals surface area contributed by atoms with Crippen molar-refractivity contribution in [1.82, 2.24) is 9.88 Å². The number of benzene rings is 2. The Bertz CT molecular complexity index is 1160. The van der Waals surface area contributed by atoms with E-state index in [0.717, 1.165) is 60.1 Å². The fourth-order valence-electron chi connectivity index (χ4n) is 4.80. The fourth-order valence-corrected chi connectivity index (χ4v) is 4.80. The second kappa shape index (κ2) is 9.62. The summed E-state index contributed by atoms with van der Waals surface area (Å²) in [5, 5.41) is 0.962. The van der Waals surface area contributed by atoms with Gasteiger partial charge in [0, 0.05) is 18.5 Å². The minimum atomic E-state index is 0. The average Bonchev–Trinajstić information content (AvgIpc) is 3.37. The molecule has 0 radical (unpaired) electrons. The number of carbonyl (C=O) groups excluding carboxylic acids is 1. The second-order valence-corrected chi connectivity index (χ2v) is 8.90. The first-order chi connectivity index (χ1) is 14.6. The van der Waals surface area contributed by atoms with Gasteiger partial charge in [0.25, 0.3) is 5.91 Å². The van der Waals surface area contributed by atoms with Crippen molar-refractivity contribution in [3.05, 3.63) is 77.0 Å². The number of amides is 1. The lowest BCUT2D eigenvalue weighted by molar-refractivity contribution is 0.0778. The largest absolute Gasteiger partial charge is 0.338 e. The van der Waals surface area contributed by atoms with Crippen LogP contribution in [-0.4, -0.2) is 35.4 Å². The molecule has 3 aromatic rings. The molecular weight excluding hydrogens is 441 g/mol. The average molecular weight is 470 g/mol. The van der Waals surface area contributed by atoms with Crippen molar-refractivity contribution >= 4 is 53.3 Å². The second-order valence-electron chi connectivity index (χ2n) is 8.90. The lowest BCUT2D eigenvalue weighted by Gasteiger charge is -2.24. The van der Waals surface area contributed by atoms with Crippen LogP contribution < -0.4 is 5.73 Å². The van der Waals surface area contributed by atoms with Gasteiger partial charge in [0.1, 0.15) is 0 Å². The van der Waals surface area contributed by atoms with Crippen LogP contribution in [0.25, 0.3) is 22.6 Å². The highest BCUT2D eigenvalue weighted by atomic mass is 35.5. The zero-order valence-electron chi connectivity index (χ0n) is 18.2.